The molecule has 0 amide bonds. The molecule has 2 aliphatic rings. The Morgan fingerprint density at radius 1 is 1.17 bits per heavy atom. The molecule has 3 atom stereocenters. The lowest BCUT2D eigenvalue weighted by atomic mass is 9.57. The lowest BCUT2D eigenvalue weighted by Crippen LogP contribution is -2.43. The molecule has 0 aromatic carbocycles. The molecule has 12 heavy (non-hydrogen) atoms. The summed E-state index contributed by atoms with van der Waals surface area (Å²) in [5.41, 5.74) is 0.549. The van der Waals surface area contributed by atoms with Gasteiger partial charge >= 0.3 is 0 Å². The Bertz CT molecular complexity index is 162. The standard InChI is InChI=1S/C10H19N.ClH/c1-10(2,3)9-4-7-5-11-6-8(7)9;/h7-9,11H,4-6H2,1-3H3;1H. The van der Waals surface area contributed by atoms with Crippen LogP contribution in [0.4, 0.5) is 0 Å². The van der Waals surface area contributed by atoms with Gasteiger partial charge in [-0.1, -0.05) is 20.8 Å². The molecule has 1 heterocycles. The number of halogens is 1. The van der Waals surface area contributed by atoms with Crippen molar-refractivity contribution in [1.82, 2.24) is 5.32 Å². The normalized spacial score (nSPS) is 39.8. The van der Waals surface area contributed by atoms with Crippen molar-refractivity contribution in [3.63, 3.8) is 0 Å². The molecule has 1 aliphatic carbocycles. The van der Waals surface area contributed by atoms with E-state index in [1.165, 1.54) is 19.5 Å². The second kappa shape index (κ2) is 3.19. The Labute approximate surface area is 81.7 Å². The molecule has 72 valence electrons. The third-order valence-corrected chi connectivity index (χ3v) is 3.58. The van der Waals surface area contributed by atoms with Crippen LogP contribution in [0, 0.1) is 23.2 Å². The van der Waals surface area contributed by atoms with Crippen LogP contribution in [0.3, 0.4) is 0 Å². The Morgan fingerprint density at radius 3 is 2.33 bits per heavy atom. The summed E-state index contributed by atoms with van der Waals surface area (Å²) >= 11 is 0. The van der Waals surface area contributed by atoms with Gasteiger partial charge in [0.15, 0.2) is 0 Å². The molecule has 0 spiro atoms. The second-order valence-electron chi connectivity index (χ2n) is 5.29. The minimum absolute atomic E-state index is 0. The zero-order valence-corrected chi connectivity index (χ0v) is 9.08. The Kier molecular flexibility index (Phi) is 2.75. The number of hydrogen-bond acceptors (Lipinski definition) is 1. The first-order chi connectivity index (χ1) is 5.09. The number of rotatable bonds is 0. The van der Waals surface area contributed by atoms with Crippen LogP contribution in [0.2, 0.25) is 0 Å². The summed E-state index contributed by atoms with van der Waals surface area (Å²) in [7, 11) is 0. The zero-order chi connectivity index (χ0) is 8.06. The number of hydrogen-bond donors (Lipinski definition) is 1. The monoisotopic (exact) mass is 189 g/mol. The van der Waals surface area contributed by atoms with E-state index in [9.17, 15) is 0 Å². The van der Waals surface area contributed by atoms with Crippen LogP contribution in [-0.4, -0.2) is 13.1 Å². The molecule has 1 saturated carbocycles. The molecule has 1 nitrogen and oxygen atoms in total. The van der Waals surface area contributed by atoms with E-state index in [1.54, 1.807) is 0 Å². The fraction of sp³-hybridized carbons (Fsp3) is 1.00. The maximum atomic E-state index is 3.49. The molecule has 3 unspecified atom stereocenters. The molecule has 2 heteroatoms. The molecule has 1 saturated heterocycles. The van der Waals surface area contributed by atoms with E-state index in [0.29, 0.717) is 5.41 Å². The highest BCUT2D eigenvalue weighted by atomic mass is 35.5. The van der Waals surface area contributed by atoms with Crippen LogP contribution in [0.1, 0.15) is 27.2 Å². The SMILES string of the molecule is CC(C)(C)C1CC2CNCC21.Cl. The maximum absolute atomic E-state index is 3.49. The summed E-state index contributed by atoms with van der Waals surface area (Å²) < 4.78 is 0. The van der Waals surface area contributed by atoms with Gasteiger partial charge in [-0.15, -0.1) is 12.4 Å². The molecule has 0 aromatic heterocycles. The molecule has 0 aromatic rings. The summed E-state index contributed by atoms with van der Waals surface area (Å²) in [6, 6.07) is 0. The Morgan fingerprint density at radius 2 is 1.83 bits per heavy atom. The summed E-state index contributed by atoms with van der Waals surface area (Å²) in [5, 5.41) is 3.49. The van der Waals surface area contributed by atoms with Gasteiger partial charge in [0, 0.05) is 0 Å². The van der Waals surface area contributed by atoms with E-state index >= 15 is 0 Å². The van der Waals surface area contributed by atoms with Crippen molar-refractivity contribution in [2.75, 3.05) is 13.1 Å². The summed E-state index contributed by atoms with van der Waals surface area (Å²) in [5.74, 6) is 3.02. The van der Waals surface area contributed by atoms with Gasteiger partial charge in [0.2, 0.25) is 0 Å². The summed E-state index contributed by atoms with van der Waals surface area (Å²) in [4.78, 5) is 0. The van der Waals surface area contributed by atoms with Gasteiger partial charge in [-0.25, -0.2) is 0 Å². The van der Waals surface area contributed by atoms with E-state index in [1.807, 2.05) is 0 Å². The highest BCUT2D eigenvalue weighted by Gasteiger charge is 2.48. The molecule has 1 N–H and O–H groups in total. The molecule has 0 bridgehead atoms. The lowest BCUT2D eigenvalue weighted by molar-refractivity contribution is 0.0224. The van der Waals surface area contributed by atoms with Crippen LogP contribution >= 0.6 is 12.4 Å². The van der Waals surface area contributed by atoms with E-state index in [2.05, 4.69) is 26.1 Å². The van der Waals surface area contributed by atoms with Crippen molar-refractivity contribution >= 4 is 12.4 Å². The van der Waals surface area contributed by atoms with Crippen LogP contribution in [0.5, 0.6) is 0 Å². The van der Waals surface area contributed by atoms with Gasteiger partial charge in [0.25, 0.3) is 0 Å². The third-order valence-electron chi connectivity index (χ3n) is 3.58. The molecular formula is C10H20ClN. The molecule has 2 fully saturated rings. The number of nitrogens with one attached hydrogen (secondary N) is 1. The van der Waals surface area contributed by atoms with Crippen molar-refractivity contribution in [3.05, 3.63) is 0 Å². The van der Waals surface area contributed by atoms with Gasteiger partial charge in [0.1, 0.15) is 0 Å². The third kappa shape index (κ3) is 1.49. The smallest absolute Gasteiger partial charge is 0.00144 e. The predicted octanol–water partition coefficient (Wildman–Crippen LogP) is 2.31. The lowest BCUT2D eigenvalue weighted by Gasteiger charge is -2.47. The average molecular weight is 190 g/mol. The van der Waals surface area contributed by atoms with Crippen LogP contribution in [-0.2, 0) is 0 Å². The van der Waals surface area contributed by atoms with Crippen molar-refractivity contribution in [2.24, 2.45) is 23.2 Å². The first kappa shape index (κ1) is 10.3. The van der Waals surface area contributed by atoms with Crippen molar-refractivity contribution in [2.45, 2.75) is 27.2 Å². The fourth-order valence-corrected chi connectivity index (χ4v) is 2.78. The molecule has 0 radical (unpaired) electrons. The number of fused-ring (bicyclic) bond motifs is 1. The van der Waals surface area contributed by atoms with Crippen molar-refractivity contribution in [3.8, 4) is 0 Å². The Balaban J connectivity index is 0.000000720. The zero-order valence-electron chi connectivity index (χ0n) is 8.26. The minimum Gasteiger partial charge on any atom is -0.316 e. The van der Waals surface area contributed by atoms with E-state index < -0.39 is 0 Å². The highest BCUT2D eigenvalue weighted by Crippen LogP contribution is 2.51. The van der Waals surface area contributed by atoms with Gasteiger partial charge in [-0.2, -0.15) is 0 Å². The fourth-order valence-electron chi connectivity index (χ4n) is 2.78. The molecular weight excluding hydrogens is 170 g/mol. The highest BCUT2D eigenvalue weighted by molar-refractivity contribution is 5.85. The largest absolute Gasteiger partial charge is 0.316 e. The van der Waals surface area contributed by atoms with Crippen LogP contribution in [0.15, 0.2) is 0 Å². The average Bonchev–Trinajstić information content (AvgIpc) is 2.08. The first-order valence-electron chi connectivity index (χ1n) is 4.80. The molecule has 2 rings (SSSR count). The van der Waals surface area contributed by atoms with Crippen molar-refractivity contribution in [1.29, 1.82) is 0 Å². The molecule has 1 aliphatic heterocycles. The quantitative estimate of drug-likeness (QED) is 0.617. The van der Waals surface area contributed by atoms with Gasteiger partial charge < -0.3 is 5.32 Å². The Hall–Kier alpha value is 0.250. The van der Waals surface area contributed by atoms with Gasteiger partial charge in [-0.05, 0) is 42.7 Å². The maximum Gasteiger partial charge on any atom is -0.00144 e. The minimum atomic E-state index is 0. The topological polar surface area (TPSA) is 12.0 Å². The van der Waals surface area contributed by atoms with Gasteiger partial charge in [-0.3, -0.25) is 0 Å². The predicted molar refractivity (Wildman–Crippen MR) is 54.7 cm³/mol. The summed E-state index contributed by atoms with van der Waals surface area (Å²) in [6.45, 7) is 9.72. The van der Waals surface area contributed by atoms with Gasteiger partial charge in [0.05, 0.1) is 0 Å². The van der Waals surface area contributed by atoms with E-state index in [4.69, 9.17) is 0 Å². The first-order valence-corrected chi connectivity index (χ1v) is 4.80. The van der Waals surface area contributed by atoms with E-state index in [-0.39, 0.29) is 12.4 Å². The second-order valence-corrected chi connectivity index (χ2v) is 5.29. The van der Waals surface area contributed by atoms with Crippen LogP contribution < -0.4 is 5.32 Å². The van der Waals surface area contributed by atoms with E-state index in [0.717, 1.165) is 17.8 Å². The summed E-state index contributed by atoms with van der Waals surface area (Å²) in [6.07, 6.45) is 1.47. The van der Waals surface area contributed by atoms with Crippen molar-refractivity contribution < 1.29 is 0 Å². The van der Waals surface area contributed by atoms with Crippen LogP contribution in [0.25, 0.3) is 0 Å².